The zero-order valence-corrected chi connectivity index (χ0v) is 11.3. The van der Waals surface area contributed by atoms with E-state index in [-0.39, 0.29) is 5.02 Å². The summed E-state index contributed by atoms with van der Waals surface area (Å²) in [6.45, 7) is 1.32. The smallest absolute Gasteiger partial charge is 0.201 e. The summed E-state index contributed by atoms with van der Waals surface area (Å²) in [5.74, 6) is -0.128. The molecule has 2 N–H and O–H groups in total. The molecule has 0 amide bonds. The third kappa shape index (κ3) is 2.32. The number of fused-ring (bicyclic) bond motifs is 1. The second-order valence-corrected chi connectivity index (χ2v) is 4.80. The molecule has 2 aromatic heterocycles. The molecule has 6 nitrogen and oxygen atoms in total. The van der Waals surface area contributed by atoms with E-state index in [9.17, 15) is 4.39 Å². The molecule has 3 rings (SSSR count). The van der Waals surface area contributed by atoms with Crippen LogP contribution in [0.4, 0.5) is 10.3 Å². The van der Waals surface area contributed by atoms with Crippen molar-refractivity contribution in [2.45, 2.75) is 19.5 Å². The number of benzene rings is 1. The monoisotopic (exact) mass is 294 g/mol. The number of imidazole rings is 1. The zero-order chi connectivity index (χ0) is 14.1. The Balaban J connectivity index is 1.83. The fourth-order valence-electron chi connectivity index (χ4n) is 2.12. The second-order valence-electron chi connectivity index (χ2n) is 4.40. The summed E-state index contributed by atoms with van der Waals surface area (Å²) in [6, 6.07) is 2.84. The van der Waals surface area contributed by atoms with Crippen LogP contribution in [0.2, 0.25) is 5.02 Å². The van der Waals surface area contributed by atoms with Gasteiger partial charge in [-0.25, -0.2) is 9.37 Å². The van der Waals surface area contributed by atoms with E-state index in [4.69, 9.17) is 17.3 Å². The standard InChI is InChI=1S/C12H12ClFN6/c13-8-6-10-11(7-9(8)14)20(12(15)17-10)4-1-3-19-5-2-16-18-19/h2,5-7H,1,3-4H2,(H2,15,17). The van der Waals surface area contributed by atoms with Crippen LogP contribution >= 0.6 is 11.6 Å². The van der Waals surface area contributed by atoms with Gasteiger partial charge in [0.15, 0.2) is 0 Å². The van der Waals surface area contributed by atoms with Gasteiger partial charge in [0.1, 0.15) is 5.82 Å². The summed E-state index contributed by atoms with van der Waals surface area (Å²) in [6.07, 6.45) is 4.19. The van der Waals surface area contributed by atoms with Crippen LogP contribution in [-0.2, 0) is 13.1 Å². The normalized spacial score (nSPS) is 11.3. The predicted molar refractivity (Wildman–Crippen MR) is 73.8 cm³/mol. The first kappa shape index (κ1) is 12.9. The summed E-state index contributed by atoms with van der Waals surface area (Å²) >= 11 is 5.74. The molecule has 2 heterocycles. The number of nitrogens with zero attached hydrogens (tertiary/aromatic N) is 5. The van der Waals surface area contributed by atoms with Crippen LogP contribution in [0.3, 0.4) is 0 Å². The molecule has 0 bridgehead atoms. The second kappa shape index (κ2) is 5.09. The van der Waals surface area contributed by atoms with E-state index in [0.717, 1.165) is 6.42 Å². The van der Waals surface area contributed by atoms with Gasteiger partial charge in [-0.1, -0.05) is 16.8 Å². The lowest BCUT2D eigenvalue weighted by molar-refractivity contribution is 0.521. The van der Waals surface area contributed by atoms with Crippen molar-refractivity contribution in [1.82, 2.24) is 24.5 Å². The number of halogens is 2. The average molecular weight is 295 g/mol. The maximum atomic E-state index is 13.5. The number of rotatable bonds is 4. The Hall–Kier alpha value is -2.15. The van der Waals surface area contributed by atoms with Crippen molar-refractivity contribution >= 4 is 28.6 Å². The number of aromatic nitrogens is 5. The molecule has 0 spiro atoms. The Morgan fingerprint density at radius 1 is 1.30 bits per heavy atom. The molecule has 0 aliphatic heterocycles. The molecule has 0 radical (unpaired) electrons. The Kier molecular flexibility index (Phi) is 3.27. The van der Waals surface area contributed by atoms with Gasteiger partial charge in [0, 0.05) is 25.4 Å². The van der Waals surface area contributed by atoms with Crippen LogP contribution in [0.15, 0.2) is 24.5 Å². The Morgan fingerprint density at radius 2 is 2.15 bits per heavy atom. The lowest BCUT2D eigenvalue weighted by Crippen LogP contribution is -2.07. The maximum Gasteiger partial charge on any atom is 0.201 e. The summed E-state index contributed by atoms with van der Waals surface area (Å²) in [4.78, 5) is 4.19. The summed E-state index contributed by atoms with van der Waals surface area (Å²) in [5, 5.41) is 7.66. The Morgan fingerprint density at radius 3 is 2.90 bits per heavy atom. The van der Waals surface area contributed by atoms with Crippen LogP contribution in [0.25, 0.3) is 11.0 Å². The summed E-state index contributed by atoms with van der Waals surface area (Å²) < 4.78 is 17.0. The number of hydrogen-bond donors (Lipinski definition) is 1. The van der Waals surface area contributed by atoms with E-state index in [1.165, 1.54) is 12.1 Å². The third-order valence-electron chi connectivity index (χ3n) is 3.06. The predicted octanol–water partition coefficient (Wildman–Crippen LogP) is 2.09. The van der Waals surface area contributed by atoms with Gasteiger partial charge in [0.05, 0.1) is 22.3 Å². The molecular formula is C12H12ClFN6. The van der Waals surface area contributed by atoms with Crippen LogP contribution in [0.5, 0.6) is 0 Å². The van der Waals surface area contributed by atoms with Crippen LogP contribution in [0, 0.1) is 5.82 Å². The summed E-state index contributed by atoms with van der Waals surface area (Å²) in [7, 11) is 0. The van der Waals surface area contributed by atoms with Crippen molar-refractivity contribution in [3.63, 3.8) is 0 Å². The first-order valence-electron chi connectivity index (χ1n) is 6.10. The van der Waals surface area contributed by atoms with Gasteiger partial charge in [0.2, 0.25) is 5.95 Å². The van der Waals surface area contributed by atoms with Gasteiger partial charge >= 0.3 is 0 Å². The number of nitrogens with two attached hydrogens (primary N) is 1. The molecule has 0 aliphatic carbocycles. The molecule has 0 unspecified atom stereocenters. The molecule has 0 saturated heterocycles. The highest BCUT2D eigenvalue weighted by Crippen LogP contribution is 2.24. The molecular weight excluding hydrogens is 283 g/mol. The third-order valence-corrected chi connectivity index (χ3v) is 3.35. The van der Waals surface area contributed by atoms with Gasteiger partial charge in [-0.3, -0.25) is 4.68 Å². The SMILES string of the molecule is Nc1nc2cc(Cl)c(F)cc2n1CCCn1ccnn1. The van der Waals surface area contributed by atoms with E-state index < -0.39 is 5.82 Å². The number of aryl methyl sites for hydroxylation is 2. The van der Waals surface area contributed by atoms with E-state index in [2.05, 4.69) is 15.3 Å². The van der Waals surface area contributed by atoms with E-state index in [1.54, 1.807) is 21.6 Å². The topological polar surface area (TPSA) is 74.5 Å². The van der Waals surface area contributed by atoms with Crippen molar-refractivity contribution in [2.24, 2.45) is 0 Å². The van der Waals surface area contributed by atoms with Crippen molar-refractivity contribution in [3.05, 3.63) is 35.4 Å². The van der Waals surface area contributed by atoms with E-state index in [0.29, 0.717) is 30.1 Å². The minimum atomic E-state index is -0.475. The number of anilines is 1. The van der Waals surface area contributed by atoms with Crippen LogP contribution in [0.1, 0.15) is 6.42 Å². The zero-order valence-electron chi connectivity index (χ0n) is 10.5. The highest BCUT2D eigenvalue weighted by atomic mass is 35.5. The first-order chi connectivity index (χ1) is 9.65. The minimum Gasteiger partial charge on any atom is -0.369 e. The van der Waals surface area contributed by atoms with Crippen LogP contribution in [-0.4, -0.2) is 24.5 Å². The van der Waals surface area contributed by atoms with Gasteiger partial charge in [-0.2, -0.15) is 0 Å². The summed E-state index contributed by atoms with van der Waals surface area (Å²) in [5.41, 5.74) is 7.10. The van der Waals surface area contributed by atoms with Crippen LogP contribution < -0.4 is 5.73 Å². The molecule has 0 saturated carbocycles. The van der Waals surface area contributed by atoms with Crippen molar-refractivity contribution in [2.75, 3.05) is 5.73 Å². The largest absolute Gasteiger partial charge is 0.369 e. The lowest BCUT2D eigenvalue weighted by Gasteiger charge is -2.06. The Bertz CT molecular complexity index is 736. The minimum absolute atomic E-state index is 0.0461. The molecule has 0 aliphatic rings. The fourth-order valence-corrected chi connectivity index (χ4v) is 2.27. The van der Waals surface area contributed by atoms with Crippen molar-refractivity contribution in [1.29, 1.82) is 0 Å². The average Bonchev–Trinajstić information content (AvgIpc) is 3.01. The van der Waals surface area contributed by atoms with Crippen molar-refractivity contribution < 1.29 is 4.39 Å². The maximum absolute atomic E-state index is 13.5. The van der Waals surface area contributed by atoms with E-state index >= 15 is 0 Å². The highest BCUT2D eigenvalue weighted by Gasteiger charge is 2.11. The Labute approximate surface area is 119 Å². The molecule has 1 aromatic carbocycles. The van der Waals surface area contributed by atoms with Crippen molar-refractivity contribution in [3.8, 4) is 0 Å². The lowest BCUT2D eigenvalue weighted by atomic mass is 10.3. The molecule has 20 heavy (non-hydrogen) atoms. The fraction of sp³-hybridized carbons (Fsp3) is 0.250. The van der Waals surface area contributed by atoms with Gasteiger partial charge in [0.25, 0.3) is 0 Å². The van der Waals surface area contributed by atoms with Gasteiger partial charge in [-0.05, 0) is 12.5 Å². The molecule has 3 aromatic rings. The first-order valence-corrected chi connectivity index (χ1v) is 6.48. The molecule has 0 atom stereocenters. The van der Waals surface area contributed by atoms with Gasteiger partial charge < -0.3 is 10.3 Å². The molecule has 8 heteroatoms. The molecule has 104 valence electrons. The number of hydrogen-bond acceptors (Lipinski definition) is 4. The quantitative estimate of drug-likeness (QED) is 0.799. The number of nitrogen functional groups attached to an aromatic ring is 1. The van der Waals surface area contributed by atoms with Gasteiger partial charge in [-0.15, -0.1) is 5.10 Å². The highest BCUT2D eigenvalue weighted by molar-refractivity contribution is 6.31. The van der Waals surface area contributed by atoms with E-state index in [1.807, 2.05) is 0 Å². The molecule has 0 fully saturated rings.